The Balaban J connectivity index is 1.36. The first-order valence-corrected chi connectivity index (χ1v) is 11.4. The number of carbonyl (C=O) groups is 1. The fraction of sp³-hybridized carbons (Fsp3) is 0.259. The van der Waals surface area contributed by atoms with E-state index in [4.69, 9.17) is 14.0 Å². The molecule has 7 nitrogen and oxygen atoms in total. The Labute approximate surface area is 198 Å². The zero-order chi connectivity index (χ0) is 23.3. The van der Waals surface area contributed by atoms with Gasteiger partial charge in [-0.1, -0.05) is 47.6 Å². The van der Waals surface area contributed by atoms with Gasteiger partial charge in [-0.15, -0.1) is 0 Å². The molecule has 1 fully saturated rings. The van der Waals surface area contributed by atoms with Gasteiger partial charge in [0.1, 0.15) is 11.3 Å². The first kappa shape index (κ1) is 22.1. The Bertz CT molecular complexity index is 1250. The van der Waals surface area contributed by atoms with Crippen molar-refractivity contribution in [3.8, 4) is 17.1 Å². The summed E-state index contributed by atoms with van der Waals surface area (Å²) in [4.78, 5) is 15.5. The number of aromatic nitrogens is 1. The Kier molecular flexibility index (Phi) is 6.56. The largest absolute Gasteiger partial charge is 0.497 e. The second kappa shape index (κ2) is 10.1. The van der Waals surface area contributed by atoms with Gasteiger partial charge in [0.15, 0.2) is 5.76 Å². The van der Waals surface area contributed by atoms with Gasteiger partial charge >= 0.3 is 0 Å². The molecule has 2 heterocycles. The molecule has 174 valence electrons. The van der Waals surface area contributed by atoms with Crippen LogP contribution in [0.25, 0.3) is 22.2 Å². The van der Waals surface area contributed by atoms with E-state index in [1.165, 1.54) is 0 Å². The lowest BCUT2D eigenvalue weighted by Crippen LogP contribution is -2.43. The molecule has 0 spiro atoms. The van der Waals surface area contributed by atoms with Crippen molar-refractivity contribution in [2.45, 2.75) is 6.04 Å². The van der Waals surface area contributed by atoms with E-state index in [0.717, 1.165) is 40.9 Å². The second-order valence-electron chi connectivity index (χ2n) is 8.26. The number of nitrogens with zero attached hydrogens (tertiary/aromatic N) is 2. The van der Waals surface area contributed by atoms with Gasteiger partial charge in [0.2, 0.25) is 0 Å². The minimum Gasteiger partial charge on any atom is -0.497 e. The summed E-state index contributed by atoms with van der Waals surface area (Å²) >= 11 is 0. The minimum atomic E-state index is -0.131. The van der Waals surface area contributed by atoms with Gasteiger partial charge in [-0.2, -0.15) is 0 Å². The molecule has 0 saturated carbocycles. The van der Waals surface area contributed by atoms with Crippen LogP contribution in [-0.2, 0) is 4.74 Å². The Morgan fingerprint density at radius 2 is 1.82 bits per heavy atom. The molecule has 0 aliphatic carbocycles. The fourth-order valence-electron chi connectivity index (χ4n) is 4.34. The molecule has 1 saturated heterocycles. The van der Waals surface area contributed by atoms with Gasteiger partial charge in [0, 0.05) is 30.8 Å². The van der Waals surface area contributed by atoms with Crippen LogP contribution in [0.3, 0.4) is 0 Å². The normalized spacial score (nSPS) is 15.2. The summed E-state index contributed by atoms with van der Waals surface area (Å²) < 4.78 is 16.4. The number of morpholine rings is 1. The third kappa shape index (κ3) is 4.66. The highest BCUT2D eigenvalue weighted by molar-refractivity contribution is 6.01. The topological polar surface area (TPSA) is 76.8 Å². The highest BCUT2D eigenvalue weighted by Gasteiger charge is 2.24. The van der Waals surface area contributed by atoms with Crippen molar-refractivity contribution < 1.29 is 18.8 Å². The van der Waals surface area contributed by atoms with Crippen molar-refractivity contribution >= 4 is 16.8 Å². The number of methoxy groups -OCH3 is 1. The lowest BCUT2D eigenvalue weighted by molar-refractivity contribution is 0.0162. The summed E-state index contributed by atoms with van der Waals surface area (Å²) in [5.74, 6) is 1.34. The molecule has 1 aromatic heterocycles. The zero-order valence-electron chi connectivity index (χ0n) is 19.1. The van der Waals surface area contributed by atoms with Crippen LogP contribution in [0.1, 0.15) is 22.0 Å². The summed E-state index contributed by atoms with van der Waals surface area (Å²) in [6.45, 7) is 3.50. The molecule has 1 amide bonds. The Morgan fingerprint density at radius 3 is 2.56 bits per heavy atom. The first-order valence-electron chi connectivity index (χ1n) is 11.4. The van der Waals surface area contributed by atoms with E-state index in [1.54, 1.807) is 13.2 Å². The van der Waals surface area contributed by atoms with Crippen molar-refractivity contribution in [3.63, 3.8) is 0 Å². The van der Waals surface area contributed by atoms with E-state index >= 15 is 0 Å². The van der Waals surface area contributed by atoms with E-state index in [0.29, 0.717) is 31.1 Å². The predicted octanol–water partition coefficient (Wildman–Crippen LogP) is 4.31. The summed E-state index contributed by atoms with van der Waals surface area (Å²) in [6.07, 6.45) is 0. The molecule has 0 unspecified atom stereocenters. The number of amides is 1. The molecule has 1 aliphatic heterocycles. The van der Waals surface area contributed by atoms with E-state index in [2.05, 4.69) is 27.5 Å². The number of ether oxygens (including phenoxy) is 2. The van der Waals surface area contributed by atoms with Gasteiger partial charge in [-0.25, -0.2) is 0 Å². The third-order valence-electron chi connectivity index (χ3n) is 6.22. The maximum absolute atomic E-state index is 13.2. The van der Waals surface area contributed by atoms with Gasteiger partial charge in [0.05, 0.1) is 31.8 Å². The van der Waals surface area contributed by atoms with Crippen molar-refractivity contribution in [1.29, 1.82) is 0 Å². The van der Waals surface area contributed by atoms with Gasteiger partial charge in [0.25, 0.3) is 5.91 Å². The van der Waals surface area contributed by atoms with E-state index < -0.39 is 0 Å². The molecule has 7 heteroatoms. The van der Waals surface area contributed by atoms with Crippen LogP contribution < -0.4 is 10.1 Å². The fourth-order valence-corrected chi connectivity index (χ4v) is 4.34. The number of hydrogen-bond donors (Lipinski definition) is 1. The molecule has 0 bridgehead atoms. The van der Waals surface area contributed by atoms with Crippen LogP contribution in [0.2, 0.25) is 0 Å². The Hall–Kier alpha value is -3.68. The van der Waals surface area contributed by atoms with Crippen molar-refractivity contribution in [3.05, 3.63) is 83.9 Å². The van der Waals surface area contributed by atoms with E-state index in [9.17, 15) is 4.79 Å². The van der Waals surface area contributed by atoms with Crippen molar-refractivity contribution in [2.75, 3.05) is 40.0 Å². The van der Waals surface area contributed by atoms with Crippen molar-refractivity contribution in [1.82, 2.24) is 15.4 Å². The molecular weight excluding hydrogens is 430 g/mol. The van der Waals surface area contributed by atoms with Crippen LogP contribution in [0.4, 0.5) is 0 Å². The minimum absolute atomic E-state index is 0.0398. The van der Waals surface area contributed by atoms with Gasteiger partial charge < -0.3 is 19.3 Å². The molecule has 4 aromatic rings. The highest BCUT2D eigenvalue weighted by Crippen LogP contribution is 2.29. The summed E-state index contributed by atoms with van der Waals surface area (Å²) in [6, 6.07) is 23.3. The number of rotatable bonds is 7. The number of hydrogen-bond acceptors (Lipinski definition) is 6. The summed E-state index contributed by atoms with van der Waals surface area (Å²) in [7, 11) is 1.66. The lowest BCUT2D eigenvalue weighted by Gasteiger charge is -2.35. The maximum atomic E-state index is 13.2. The van der Waals surface area contributed by atoms with Crippen LogP contribution >= 0.6 is 0 Å². The van der Waals surface area contributed by atoms with E-state index in [1.807, 2.05) is 54.6 Å². The third-order valence-corrected chi connectivity index (χ3v) is 6.22. The predicted molar refractivity (Wildman–Crippen MR) is 130 cm³/mol. The highest BCUT2D eigenvalue weighted by atomic mass is 16.5. The number of fused-ring (bicyclic) bond motifs is 1. The molecule has 1 atom stereocenters. The van der Waals surface area contributed by atoms with Crippen LogP contribution in [-0.4, -0.2) is 55.9 Å². The second-order valence-corrected chi connectivity index (χ2v) is 8.26. The number of nitrogens with one attached hydrogen (secondary N) is 1. The summed E-state index contributed by atoms with van der Waals surface area (Å²) in [5, 5.41) is 8.10. The quantitative estimate of drug-likeness (QED) is 0.446. The summed E-state index contributed by atoms with van der Waals surface area (Å²) in [5.41, 5.74) is 3.35. The van der Waals surface area contributed by atoms with Gasteiger partial charge in [-0.3, -0.25) is 9.69 Å². The van der Waals surface area contributed by atoms with Gasteiger partial charge in [-0.05, 0) is 35.9 Å². The van der Waals surface area contributed by atoms with Crippen LogP contribution in [0, 0.1) is 0 Å². The molecule has 0 radical (unpaired) electrons. The molecule has 1 aliphatic rings. The Morgan fingerprint density at radius 1 is 1.06 bits per heavy atom. The maximum Gasteiger partial charge on any atom is 0.251 e. The van der Waals surface area contributed by atoms with E-state index in [-0.39, 0.29) is 11.9 Å². The first-order chi connectivity index (χ1) is 16.7. The lowest BCUT2D eigenvalue weighted by atomic mass is 10.0. The average molecular weight is 458 g/mol. The molecular formula is C27H27N3O4. The van der Waals surface area contributed by atoms with Crippen LogP contribution in [0.15, 0.2) is 77.3 Å². The van der Waals surface area contributed by atoms with Crippen LogP contribution in [0.5, 0.6) is 5.75 Å². The molecule has 3 aromatic carbocycles. The average Bonchev–Trinajstić information content (AvgIpc) is 3.33. The molecule has 1 N–H and O–H groups in total. The standard InChI is InChI=1S/C27H27N3O4/c1-32-22-10-7-19(8-11-22)25(30-13-15-33-16-14-30)18-28-27(31)21-9-12-24-23(17-21)26(34-29-24)20-5-3-2-4-6-20/h2-12,17,25H,13-16,18H2,1H3,(H,28,31)/t25-/m0/s1. The molecule has 34 heavy (non-hydrogen) atoms. The zero-order valence-corrected chi connectivity index (χ0v) is 19.1. The molecule has 5 rings (SSSR count). The number of carbonyl (C=O) groups excluding carboxylic acids is 1. The van der Waals surface area contributed by atoms with Crippen molar-refractivity contribution in [2.24, 2.45) is 0 Å². The number of benzene rings is 3. The smallest absolute Gasteiger partial charge is 0.251 e. The SMILES string of the molecule is COc1ccc([C@H](CNC(=O)c2ccc3noc(-c4ccccc4)c3c2)N2CCOCC2)cc1. The monoisotopic (exact) mass is 457 g/mol.